The highest BCUT2D eigenvalue weighted by Crippen LogP contribution is 2.08. The van der Waals surface area contributed by atoms with Crippen LogP contribution in [0, 0.1) is 0 Å². The van der Waals surface area contributed by atoms with Crippen molar-refractivity contribution in [2.24, 2.45) is 0 Å². The molecule has 0 spiro atoms. The predicted octanol–water partition coefficient (Wildman–Crippen LogP) is 1.97. The third kappa shape index (κ3) is 5.57. The molecule has 112 valence electrons. The molecule has 0 aliphatic rings. The molecule has 5 heteroatoms. The average molecular weight is 278 g/mol. The molecule has 5 nitrogen and oxygen atoms in total. The van der Waals surface area contributed by atoms with Gasteiger partial charge in [-0.15, -0.1) is 0 Å². The van der Waals surface area contributed by atoms with E-state index in [2.05, 4.69) is 41.4 Å². The summed E-state index contributed by atoms with van der Waals surface area (Å²) in [7, 11) is 3.76. The van der Waals surface area contributed by atoms with E-state index in [9.17, 15) is 4.79 Å². The summed E-state index contributed by atoms with van der Waals surface area (Å²) < 4.78 is 0. The molecule has 0 atom stereocenters. The number of nitrogens with zero attached hydrogens (tertiary/aromatic N) is 2. The number of aromatic nitrogens is 1. The summed E-state index contributed by atoms with van der Waals surface area (Å²) in [6.45, 7) is 6.42. The number of nitrogens with one attached hydrogen (secondary N) is 2. The van der Waals surface area contributed by atoms with Crippen molar-refractivity contribution in [3.05, 3.63) is 24.0 Å². The van der Waals surface area contributed by atoms with Crippen LogP contribution in [0.5, 0.6) is 0 Å². The first kappa shape index (κ1) is 16.4. The van der Waals surface area contributed by atoms with Gasteiger partial charge in [-0.2, -0.15) is 0 Å². The third-order valence-electron chi connectivity index (χ3n) is 3.37. The molecular weight excluding hydrogens is 252 g/mol. The summed E-state index contributed by atoms with van der Waals surface area (Å²) >= 11 is 0. The minimum Gasteiger partial charge on any atom is -0.385 e. The van der Waals surface area contributed by atoms with Crippen LogP contribution < -0.4 is 10.6 Å². The van der Waals surface area contributed by atoms with Crippen LogP contribution >= 0.6 is 0 Å². The normalized spacial score (nSPS) is 10.9. The lowest BCUT2D eigenvalue weighted by Crippen LogP contribution is -2.27. The number of carbonyl (C=O) groups excluding carboxylic acids is 1. The lowest BCUT2D eigenvalue weighted by atomic mass is 10.2. The Morgan fingerprint density at radius 3 is 2.80 bits per heavy atom. The minimum atomic E-state index is -0.160. The molecule has 0 saturated heterocycles. The van der Waals surface area contributed by atoms with Gasteiger partial charge in [0.15, 0.2) is 0 Å². The van der Waals surface area contributed by atoms with E-state index < -0.39 is 0 Å². The summed E-state index contributed by atoms with van der Waals surface area (Å²) in [6, 6.07) is 4.25. The van der Waals surface area contributed by atoms with E-state index in [1.165, 1.54) is 0 Å². The van der Waals surface area contributed by atoms with Gasteiger partial charge in [-0.05, 0) is 52.4 Å². The van der Waals surface area contributed by atoms with Gasteiger partial charge >= 0.3 is 0 Å². The van der Waals surface area contributed by atoms with Gasteiger partial charge in [-0.25, -0.2) is 0 Å². The highest BCUT2D eigenvalue weighted by molar-refractivity contribution is 5.92. The molecule has 20 heavy (non-hydrogen) atoms. The van der Waals surface area contributed by atoms with E-state index in [4.69, 9.17) is 0 Å². The zero-order valence-corrected chi connectivity index (χ0v) is 12.9. The summed E-state index contributed by atoms with van der Waals surface area (Å²) in [5.41, 5.74) is 1.38. The van der Waals surface area contributed by atoms with Gasteiger partial charge < -0.3 is 15.5 Å². The number of rotatable bonds is 8. The first-order valence-electron chi connectivity index (χ1n) is 7.17. The Balaban J connectivity index is 2.30. The third-order valence-corrected chi connectivity index (χ3v) is 3.37. The van der Waals surface area contributed by atoms with Crippen molar-refractivity contribution in [1.82, 2.24) is 15.2 Å². The Hall–Kier alpha value is -1.62. The molecule has 1 heterocycles. The maximum Gasteiger partial charge on any atom is 0.269 e. The van der Waals surface area contributed by atoms with Crippen molar-refractivity contribution in [1.29, 1.82) is 0 Å². The van der Waals surface area contributed by atoms with Crippen molar-refractivity contribution >= 4 is 11.6 Å². The number of hydrogen-bond acceptors (Lipinski definition) is 4. The molecule has 1 rings (SSSR count). The van der Waals surface area contributed by atoms with E-state index in [0.29, 0.717) is 11.7 Å². The molecule has 1 aromatic rings. The fourth-order valence-electron chi connectivity index (χ4n) is 1.77. The summed E-state index contributed by atoms with van der Waals surface area (Å²) in [4.78, 5) is 17.9. The number of anilines is 1. The molecule has 0 aromatic carbocycles. The number of carbonyl (C=O) groups is 1. The molecule has 0 unspecified atom stereocenters. The number of hydrogen-bond donors (Lipinski definition) is 2. The fraction of sp³-hybridized carbons (Fsp3) is 0.600. The topological polar surface area (TPSA) is 57.3 Å². The minimum absolute atomic E-state index is 0.160. The molecule has 1 amide bonds. The quantitative estimate of drug-likeness (QED) is 0.714. The SMILES string of the molecule is CNC(=O)c1cc(NCCCCN(C)C(C)C)ccn1. The van der Waals surface area contributed by atoms with Crippen molar-refractivity contribution in [3.8, 4) is 0 Å². The van der Waals surface area contributed by atoms with E-state index in [1.807, 2.05) is 6.07 Å². The number of pyridine rings is 1. The molecule has 0 saturated carbocycles. The van der Waals surface area contributed by atoms with Crippen LogP contribution in [0.1, 0.15) is 37.2 Å². The number of amides is 1. The molecule has 1 aromatic heterocycles. The van der Waals surface area contributed by atoms with Crippen LogP contribution in [0.25, 0.3) is 0 Å². The van der Waals surface area contributed by atoms with Crippen LogP contribution in [0.3, 0.4) is 0 Å². The van der Waals surface area contributed by atoms with Gasteiger partial charge in [-0.3, -0.25) is 9.78 Å². The Kier molecular flexibility index (Phi) is 7.01. The van der Waals surface area contributed by atoms with Crippen molar-refractivity contribution in [3.63, 3.8) is 0 Å². The summed E-state index contributed by atoms with van der Waals surface area (Å²) in [5.74, 6) is -0.160. The smallest absolute Gasteiger partial charge is 0.269 e. The second-order valence-corrected chi connectivity index (χ2v) is 5.22. The molecule has 0 aliphatic carbocycles. The number of unbranched alkanes of at least 4 members (excludes halogenated alkanes) is 1. The van der Waals surface area contributed by atoms with E-state index in [1.54, 1.807) is 19.3 Å². The van der Waals surface area contributed by atoms with Gasteiger partial charge in [0.1, 0.15) is 5.69 Å². The predicted molar refractivity (Wildman–Crippen MR) is 83.1 cm³/mol. The standard InChI is InChI=1S/C15H26N4O/c1-12(2)19(4)10-6-5-8-17-13-7-9-18-14(11-13)15(20)16-3/h7,9,11-12H,5-6,8,10H2,1-4H3,(H,16,20)(H,17,18). The van der Waals surface area contributed by atoms with E-state index in [-0.39, 0.29) is 5.91 Å². The summed E-state index contributed by atoms with van der Waals surface area (Å²) in [6.07, 6.45) is 3.92. The van der Waals surface area contributed by atoms with Gasteiger partial charge in [0.25, 0.3) is 5.91 Å². The molecule has 2 N–H and O–H groups in total. The summed E-state index contributed by atoms with van der Waals surface area (Å²) in [5, 5.41) is 5.90. The lowest BCUT2D eigenvalue weighted by Gasteiger charge is -2.20. The van der Waals surface area contributed by atoms with E-state index in [0.717, 1.165) is 31.6 Å². The zero-order valence-electron chi connectivity index (χ0n) is 12.9. The average Bonchev–Trinajstić information content (AvgIpc) is 2.46. The first-order valence-corrected chi connectivity index (χ1v) is 7.17. The zero-order chi connectivity index (χ0) is 15.0. The van der Waals surface area contributed by atoms with Crippen molar-refractivity contribution < 1.29 is 4.79 Å². The van der Waals surface area contributed by atoms with Crippen LogP contribution in [-0.4, -0.2) is 49.0 Å². The second-order valence-electron chi connectivity index (χ2n) is 5.22. The van der Waals surface area contributed by atoms with Crippen molar-refractivity contribution in [2.75, 3.05) is 32.5 Å². The Bertz CT molecular complexity index is 420. The molecule has 0 fully saturated rings. The van der Waals surface area contributed by atoms with Crippen LogP contribution in [0.2, 0.25) is 0 Å². The first-order chi connectivity index (χ1) is 9.54. The Labute approximate surface area is 121 Å². The van der Waals surface area contributed by atoms with E-state index >= 15 is 0 Å². The van der Waals surface area contributed by atoms with Gasteiger partial charge in [0.05, 0.1) is 0 Å². The van der Waals surface area contributed by atoms with Gasteiger partial charge in [-0.1, -0.05) is 0 Å². The maximum atomic E-state index is 11.5. The largest absolute Gasteiger partial charge is 0.385 e. The highest BCUT2D eigenvalue weighted by Gasteiger charge is 2.05. The Morgan fingerprint density at radius 2 is 2.15 bits per heavy atom. The lowest BCUT2D eigenvalue weighted by molar-refractivity contribution is 0.0958. The fourth-order valence-corrected chi connectivity index (χ4v) is 1.77. The highest BCUT2D eigenvalue weighted by atomic mass is 16.1. The monoisotopic (exact) mass is 278 g/mol. The van der Waals surface area contributed by atoms with Crippen LogP contribution in [0.4, 0.5) is 5.69 Å². The Morgan fingerprint density at radius 1 is 1.40 bits per heavy atom. The molecule has 0 bridgehead atoms. The molecule has 0 radical (unpaired) electrons. The van der Waals surface area contributed by atoms with Gasteiger partial charge in [0.2, 0.25) is 0 Å². The van der Waals surface area contributed by atoms with Crippen LogP contribution in [-0.2, 0) is 0 Å². The van der Waals surface area contributed by atoms with Gasteiger partial charge in [0, 0.05) is 31.5 Å². The maximum absolute atomic E-state index is 11.5. The van der Waals surface area contributed by atoms with Crippen molar-refractivity contribution in [2.45, 2.75) is 32.7 Å². The second kappa shape index (κ2) is 8.53. The molecular formula is C15H26N4O. The van der Waals surface area contributed by atoms with Crippen LogP contribution in [0.15, 0.2) is 18.3 Å². The molecule has 0 aliphatic heterocycles.